The smallest absolute Gasteiger partial charge is 0.127 e. The van der Waals surface area contributed by atoms with Crippen molar-refractivity contribution in [2.45, 2.75) is 43.7 Å². The molecule has 1 heterocycles. The topological polar surface area (TPSA) is 79.5 Å². The van der Waals surface area contributed by atoms with Crippen molar-refractivity contribution in [2.24, 2.45) is 7.05 Å². The molecule has 2 aromatic rings. The normalized spacial score (nSPS) is 27.8. The predicted molar refractivity (Wildman–Crippen MR) is 85.9 cm³/mol. The summed E-state index contributed by atoms with van der Waals surface area (Å²) in [6.07, 6.45) is 1.03. The molecule has 0 radical (unpaired) electrons. The molecule has 6 nitrogen and oxygen atoms in total. The number of aliphatic hydroxyl groups is 2. The average molecular weight is 317 g/mol. The summed E-state index contributed by atoms with van der Waals surface area (Å²) in [7, 11) is 1.88. The van der Waals surface area contributed by atoms with Gasteiger partial charge in [0.15, 0.2) is 0 Å². The monoisotopic (exact) mass is 317 g/mol. The standard InChI is InChI=1S/C17H23N3O3/c1-20-12(9-10-19-20)11-18-14-7-8-15(17(22)16(14)21)23-13-5-3-2-4-6-13/h2-6,9-10,14-18,21-22H,7-8,11H2,1H3/t14-,15-,16-,17-/m1/s1. The van der Waals surface area contributed by atoms with Gasteiger partial charge >= 0.3 is 0 Å². The summed E-state index contributed by atoms with van der Waals surface area (Å²) < 4.78 is 7.60. The Morgan fingerprint density at radius 1 is 1.17 bits per heavy atom. The van der Waals surface area contributed by atoms with E-state index in [1.54, 1.807) is 10.9 Å². The largest absolute Gasteiger partial charge is 0.488 e. The van der Waals surface area contributed by atoms with Crippen molar-refractivity contribution in [2.75, 3.05) is 0 Å². The molecule has 4 atom stereocenters. The van der Waals surface area contributed by atoms with Crippen LogP contribution >= 0.6 is 0 Å². The highest BCUT2D eigenvalue weighted by molar-refractivity contribution is 5.21. The number of ether oxygens (including phenoxy) is 1. The minimum absolute atomic E-state index is 0.157. The van der Waals surface area contributed by atoms with Crippen LogP contribution in [0.2, 0.25) is 0 Å². The fraction of sp³-hybridized carbons (Fsp3) is 0.471. The molecule has 0 amide bonds. The lowest BCUT2D eigenvalue weighted by molar-refractivity contribution is -0.0893. The molecule has 3 N–H and O–H groups in total. The van der Waals surface area contributed by atoms with Crippen LogP contribution in [0, 0.1) is 0 Å². The van der Waals surface area contributed by atoms with Crippen LogP contribution in [-0.4, -0.2) is 44.3 Å². The molecule has 124 valence electrons. The molecule has 1 fully saturated rings. The predicted octanol–water partition coefficient (Wildman–Crippen LogP) is 0.841. The SMILES string of the molecule is Cn1nccc1CN[C@@H]1CC[C@@H](Oc2ccccc2)[C@@H](O)[C@@H]1O. The molecule has 6 heteroatoms. The van der Waals surface area contributed by atoms with E-state index in [0.717, 1.165) is 12.1 Å². The fourth-order valence-corrected chi connectivity index (χ4v) is 2.98. The summed E-state index contributed by atoms with van der Waals surface area (Å²) in [5.74, 6) is 0.713. The van der Waals surface area contributed by atoms with E-state index in [9.17, 15) is 10.2 Å². The number of rotatable bonds is 5. The summed E-state index contributed by atoms with van der Waals surface area (Å²) in [5.41, 5.74) is 1.04. The zero-order valence-electron chi connectivity index (χ0n) is 13.2. The molecule has 23 heavy (non-hydrogen) atoms. The molecule has 0 aliphatic heterocycles. The zero-order valence-corrected chi connectivity index (χ0v) is 13.2. The second kappa shape index (κ2) is 7.12. The highest BCUT2D eigenvalue weighted by Gasteiger charge is 2.38. The Bertz CT molecular complexity index is 617. The lowest BCUT2D eigenvalue weighted by Gasteiger charge is -2.38. The number of hydrogen-bond donors (Lipinski definition) is 3. The van der Waals surface area contributed by atoms with Crippen LogP contribution in [0.3, 0.4) is 0 Å². The molecule has 1 aromatic heterocycles. The maximum atomic E-state index is 10.4. The minimum atomic E-state index is -0.909. The van der Waals surface area contributed by atoms with E-state index in [4.69, 9.17) is 4.74 Å². The summed E-state index contributed by atoms with van der Waals surface area (Å²) in [4.78, 5) is 0. The van der Waals surface area contributed by atoms with Crippen molar-refractivity contribution >= 4 is 0 Å². The Morgan fingerprint density at radius 3 is 2.65 bits per heavy atom. The van der Waals surface area contributed by atoms with Crippen molar-refractivity contribution < 1.29 is 14.9 Å². The molecule has 0 unspecified atom stereocenters. The second-order valence-corrected chi connectivity index (χ2v) is 5.96. The van der Waals surface area contributed by atoms with Gasteiger partial charge in [0.1, 0.15) is 18.0 Å². The lowest BCUT2D eigenvalue weighted by atomic mass is 9.87. The van der Waals surface area contributed by atoms with Crippen molar-refractivity contribution in [3.8, 4) is 5.75 Å². The van der Waals surface area contributed by atoms with Gasteiger partial charge in [0, 0.05) is 25.8 Å². The van der Waals surface area contributed by atoms with Gasteiger partial charge in [-0.15, -0.1) is 0 Å². The van der Waals surface area contributed by atoms with E-state index in [1.165, 1.54) is 0 Å². The Labute approximate surface area is 135 Å². The van der Waals surface area contributed by atoms with Crippen LogP contribution in [0.5, 0.6) is 5.75 Å². The molecule has 3 rings (SSSR count). The summed E-state index contributed by atoms with van der Waals surface area (Å²) >= 11 is 0. The van der Waals surface area contributed by atoms with Crippen molar-refractivity contribution in [1.82, 2.24) is 15.1 Å². The van der Waals surface area contributed by atoms with E-state index >= 15 is 0 Å². The van der Waals surface area contributed by atoms with Gasteiger partial charge in [-0.05, 0) is 31.0 Å². The third kappa shape index (κ3) is 3.72. The quantitative estimate of drug-likeness (QED) is 0.762. The lowest BCUT2D eigenvalue weighted by Crippen LogP contribution is -2.55. The average Bonchev–Trinajstić information content (AvgIpc) is 2.97. The molecular formula is C17H23N3O3. The van der Waals surface area contributed by atoms with Gasteiger partial charge in [-0.3, -0.25) is 4.68 Å². The molecule has 0 bridgehead atoms. The number of para-hydroxylation sites is 1. The molecule has 1 aliphatic rings. The molecular weight excluding hydrogens is 294 g/mol. The maximum absolute atomic E-state index is 10.4. The van der Waals surface area contributed by atoms with E-state index in [1.807, 2.05) is 43.4 Å². The van der Waals surface area contributed by atoms with Gasteiger partial charge in [0.25, 0.3) is 0 Å². The molecule has 1 aromatic carbocycles. The van der Waals surface area contributed by atoms with E-state index in [2.05, 4.69) is 10.4 Å². The van der Waals surface area contributed by atoms with E-state index in [0.29, 0.717) is 18.7 Å². The third-order valence-electron chi connectivity index (χ3n) is 4.40. The molecule has 0 saturated heterocycles. The van der Waals surface area contributed by atoms with Gasteiger partial charge in [-0.2, -0.15) is 5.10 Å². The zero-order chi connectivity index (χ0) is 16.2. The third-order valence-corrected chi connectivity index (χ3v) is 4.40. The van der Waals surface area contributed by atoms with Gasteiger partial charge in [0.2, 0.25) is 0 Å². The first-order chi connectivity index (χ1) is 11.1. The van der Waals surface area contributed by atoms with Crippen molar-refractivity contribution in [3.63, 3.8) is 0 Å². The number of benzene rings is 1. The first-order valence-electron chi connectivity index (χ1n) is 7.93. The number of nitrogens with one attached hydrogen (secondary N) is 1. The van der Waals surface area contributed by atoms with Crippen LogP contribution in [0.25, 0.3) is 0 Å². The Balaban J connectivity index is 1.55. The van der Waals surface area contributed by atoms with Gasteiger partial charge in [-0.1, -0.05) is 18.2 Å². The Hall–Kier alpha value is -1.89. The van der Waals surface area contributed by atoms with Crippen molar-refractivity contribution in [1.29, 1.82) is 0 Å². The van der Waals surface area contributed by atoms with Crippen LogP contribution in [0.4, 0.5) is 0 Å². The first-order valence-corrected chi connectivity index (χ1v) is 7.93. The van der Waals surface area contributed by atoms with Gasteiger partial charge in [0.05, 0.1) is 11.8 Å². The van der Waals surface area contributed by atoms with E-state index < -0.39 is 12.2 Å². The highest BCUT2D eigenvalue weighted by atomic mass is 16.5. The highest BCUT2D eigenvalue weighted by Crippen LogP contribution is 2.25. The number of aromatic nitrogens is 2. The fourth-order valence-electron chi connectivity index (χ4n) is 2.98. The molecule has 1 aliphatic carbocycles. The molecule has 1 saturated carbocycles. The first kappa shape index (κ1) is 16.0. The second-order valence-electron chi connectivity index (χ2n) is 5.96. The van der Waals surface area contributed by atoms with E-state index in [-0.39, 0.29) is 12.1 Å². The van der Waals surface area contributed by atoms with Crippen LogP contribution in [0.15, 0.2) is 42.6 Å². The van der Waals surface area contributed by atoms with Crippen LogP contribution in [-0.2, 0) is 13.6 Å². The summed E-state index contributed by atoms with van der Waals surface area (Å²) in [6.45, 7) is 0.606. The summed E-state index contributed by atoms with van der Waals surface area (Å²) in [5, 5.41) is 28.1. The molecule has 0 spiro atoms. The summed E-state index contributed by atoms with van der Waals surface area (Å²) in [6, 6.07) is 11.2. The van der Waals surface area contributed by atoms with Crippen LogP contribution < -0.4 is 10.1 Å². The number of aryl methyl sites for hydroxylation is 1. The van der Waals surface area contributed by atoms with Crippen molar-refractivity contribution in [3.05, 3.63) is 48.3 Å². The maximum Gasteiger partial charge on any atom is 0.127 e. The number of hydrogen-bond acceptors (Lipinski definition) is 5. The Morgan fingerprint density at radius 2 is 1.96 bits per heavy atom. The Kier molecular flexibility index (Phi) is 4.95. The van der Waals surface area contributed by atoms with Gasteiger partial charge < -0.3 is 20.3 Å². The minimum Gasteiger partial charge on any atom is -0.488 e. The van der Waals surface area contributed by atoms with Gasteiger partial charge in [-0.25, -0.2) is 0 Å². The number of aliphatic hydroxyl groups excluding tert-OH is 2. The number of nitrogens with zero attached hydrogens (tertiary/aromatic N) is 2. The van der Waals surface area contributed by atoms with Crippen LogP contribution in [0.1, 0.15) is 18.5 Å².